The lowest BCUT2D eigenvalue weighted by Gasteiger charge is -2.12. The Morgan fingerprint density at radius 2 is 2.13 bits per heavy atom. The van der Waals surface area contributed by atoms with Gasteiger partial charge in [-0.25, -0.2) is 5.14 Å². The van der Waals surface area contributed by atoms with Gasteiger partial charge in [-0.15, -0.1) is 0 Å². The first-order chi connectivity index (χ1) is 14.7. The molecule has 4 rings (SSSR count). The van der Waals surface area contributed by atoms with Gasteiger partial charge in [-0.3, -0.25) is 0 Å². The van der Waals surface area contributed by atoms with Crippen LogP contribution >= 0.6 is 0 Å². The Hall–Kier alpha value is -3.26. The molecule has 1 atom stereocenters. The molecule has 0 amide bonds. The molecule has 0 unspecified atom stereocenters. The van der Waals surface area contributed by atoms with E-state index < -0.39 is 10.2 Å². The van der Waals surface area contributed by atoms with Crippen LogP contribution in [0.4, 0.5) is 0 Å². The molecular formula is C21H21N5O4S. The molecule has 1 aromatic heterocycles. The van der Waals surface area contributed by atoms with Gasteiger partial charge in [0, 0.05) is 17.2 Å². The molecule has 10 heteroatoms. The summed E-state index contributed by atoms with van der Waals surface area (Å²) in [5.74, 6) is 1.16. The smallest absolute Gasteiger partial charge is 0.274 e. The number of nitrogens with zero attached hydrogens (tertiary/aromatic N) is 3. The van der Waals surface area contributed by atoms with E-state index >= 15 is 0 Å². The number of nitrogens with two attached hydrogens (primary N) is 1. The molecule has 0 saturated carbocycles. The van der Waals surface area contributed by atoms with Crippen molar-refractivity contribution in [1.29, 1.82) is 5.26 Å². The molecular weight excluding hydrogens is 418 g/mol. The number of fused-ring (bicyclic) bond motifs is 1. The third kappa shape index (κ3) is 4.44. The Morgan fingerprint density at radius 3 is 2.84 bits per heavy atom. The summed E-state index contributed by atoms with van der Waals surface area (Å²) in [7, 11) is -3.81. The van der Waals surface area contributed by atoms with E-state index in [-0.39, 0.29) is 18.0 Å². The third-order valence-corrected chi connectivity index (χ3v) is 5.57. The van der Waals surface area contributed by atoms with Crippen LogP contribution in [-0.2, 0) is 16.6 Å². The predicted molar refractivity (Wildman–Crippen MR) is 113 cm³/mol. The van der Waals surface area contributed by atoms with E-state index in [0.717, 1.165) is 16.7 Å². The Kier molecular flexibility index (Phi) is 5.49. The number of hydrogen-bond acceptors (Lipinski definition) is 7. The fourth-order valence-corrected chi connectivity index (χ4v) is 4.38. The first-order valence-electron chi connectivity index (χ1n) is 9.72. The molecule has 0 bridgehead atoms. The number of nitrogens with one attached hydrogen (secondary N) is 1. The van der Waals surface area contributed by atoms with E-state index in [2.05, 4.69) is 20.9 Å². The maximum atomic E-state index is 11.4. The van der Waals surface area contributed by atoms with Crippen molar-refractivity contribution in [3.05, 3.63) is 53.1 Å². The summed E-state index contributed by atoms with van der Waals surface area (Å²) in [5.41, 5.74) is 3.55. The van der Waals surface area contributed by atoms with Gasteiger partial charge in [0.2, 0.25) is 5.82 Å². The van der Waals surface area contributed by atoms with Crippen molar-refractivity contribution >= 4 is 10.2 Å². The zero-order valence-electron chi connectivity index (χ0n) is 17.0. The highest BCUT2D eigenvalue weighted by Gasteiger charge is 2.28. The van der Waals surface area contributed by atoms with Crippen LogP contribution in [0, 0.1) is 11.3 Å². The molecule has 2 aromatic carbocycles. The van der Waals surface area contributed by atoms with Crippen LogP contribution in [0.25, 0.3) is 22.8 Å². The second kappa shape index (κ2) is 8.11. The molecule has 9 nitrogen and oxygen atoms in total. The maximum Gasteiger partial charge on any atom is 0.274 e. The van der Waals surface area contributed by atoms with E-state index in [4.69, 9.17) is 14.4 Å². The SMILES string of the molecule is CC(C)Oc1ccc(-c2nc(-c3cccc4c3CC[C@H]4NS(N)(=O)=O)no2)cc1C#N. The standard InChI is InChI=1S/C21H21N5O4S/c1-12(2)29-19-9-6-13(10-14(19)11-22)21-24-20(25-30-21)17-5-3-4-16-15(17)7-8-18(16)26-31(23,27)28/h3-6,9-10,12,18,26H,7-8H2,1-2H3,(H2,23,27,28)/t18-/m1/s1. The molecule has 0 spiro atoms. The van der Waals surface area contributed by atoms with Crippen molar-refractivity contribution < 1.29 is 17.7 Å². The molecule has 0 fully saturated rings. The zero-order valence-corrected chi connectivity index (χ0v) is 17.8. The van der Waals surface area contributed by atoms with Crippen LogP contribution in [0.15, 0.2) is 40.9 Å². The van der Waals surface area contributed by atoms with E-state index in [1.54, 1.807) is 18.2 Å². The van der Waals surface area contributed by atoms with Crippen LogP contribution in [0.5, 0.6) is 5.75 Å². The summed E-state index contributed by atoms with van der Waals surface area (Å²) < 4.78 is 36.4. The average molecular weight is 439 g/mol. The number of rotatable bonds is 6. The van der Waals surface area contributed by atoms with Gasteiger partial charge >= 0.3 is 0 Å². The van der Waals surface area contributed by atoms with Crippen LogP contribution in [0.2, 0.25) is 0 Å². The summed E-state index contributed by atoms with van der Waals surface area (Å²) >= 11 is 0. The quantitative estimate of drug-likeness (QED) is 0.601. The molecule has 0 radical (unpaired) electrons. The Balaban J connectivity index is 1.66. The van der Waals surface area contributed by atoms with E-state index in [1.807, 2.05) is 32.0 Å². The highest BCUT2D eigenvalue weighted by atomic mass is 32.2. The molecule has 3 N–H and O–H groups in total. The first kappa shape index (κ1) is 21.0. The highest BCUT2D eigenvalue weighted by molar-refractivity contribution is 7.87. The summed E-state index contributed by atoms with van der Waals surface area (Å²) in [6.45, 7) is 3.78. The number of ether oxygens (including phenoxy) is 1. The molecule has 1 aliphatic carbocycles. The van der Waals surface area contributed by atoms with Gasteiger partial charge in [0.15, 0.2) is 0 Å². The van der Waals surface area contributed by atoms with Gasteiger partial charge in [-0.2, -0.15) is 23.4 Å². The fraction of sp³-hybridized carbons (Fsp3) is 0.286. The van der Waals surface area contributed by atoms with Crippen LogP contribution in [0.1, 0.15) is 43.0 Å². The monoisotopic (exact) mass is 439 g/mol. The lowest BCUT2D eigenvalue weighted by Crippen LogP contribution is -2.33. The minimum Gasteiger partial charge on any atom is -0.490 e. The van der Waals surface area contributed by atoms with Crippen molar-refractivity contribution in [1.82, 2.24) is 14.9 Å². The molecule has 3 aromatic rings. The molecule has 1 heterocycles. The third-order valence-electron chi connectivity index (χ3n) is 4.95. The van der Waals surface area contributed by atoms with Crippen molar-refractivity contribution in [2.75, 3.05) is 0 Å². The lowest BCUT2D eigenvalue weighted by atomic mass is 10.0. The van der Waals surface area contributed by atoms with E-state index in [0.29, 0.717) is 35.5 Å². The minimum absolute atomic E-state index is 0.0549. The number of aromatic nitrogens is 2. The predicted octanol–water partition coefficient (Wildman–Crippen LogP) is 2.84. The number of nitriles is 1. The van der Waals surface area contributed by atoms with Crippen molar-refractivity contribution in [2.24, 2.45) is 5.14 Å². The van der Waals surface area contributed by atoms with Gasteiger partial charge in [0.05, 0.1) is 11.7 Å². The largest absolute Gasteiger partial charge is 0.490 e. The van der Waals surface area contributed by atoms with Crippen LogP contribution in [0.3, 0.4) is 0 Å². The second-order valence-corrected chi connectivity index (χ2v) is 8.87. The second-order valence-electron chi connectivity index (χ2n) is 7.54. The minimum atomic E-state index is -3.81. The van der Waals surface area contributed by atoms with E-state index in [9.17, 15) is 13.7 Å². The fourth-order valence-electron chi connectivity index (χ4n) is 3.74. The highest BCUT2D eigenvalue weighted by Crippen LogP contribution is 2.37. The van der Waals surface area contributed by atoms with Gasteiger partial charge in [-0.1, -0.05) is 23.4 Å². The summed E-state index contributed by atoms with van der Waals surface area (Å²) in [6, 6.07) is 12.4. The molecule has 0 aliphatic heterocycles. The molecule has 160 valence electrons. The average Bonchev–Trinajstić information content (AvgIpc) is 3.34. The number of hydrogen-bond donors (Lipinski definition) is 2. The van der Waals surface area contributed by atoms with E-state index in [1.165, 1.54) is 0 Å². The maximum absolute atomic E-state index is 11.4. The molecule has 0 saturated heterocycles. The summed E-state index contributed by atoms with van der Waals surface area (Å²) in [5, 5.41) is 18.7. The van der Waals surface area contributed by atoms with Crippen molar-refractivity contribution in [3.8, 4) is 34.7 Å². The first-order valence-corrected chi connectivity index (χ1v) is 11.3. The normalized spacial score (nSPS) is 15.6. The van der Waals surface area contributed by atoms with Crippen LogP contribution in [-0.4, -0.2) is 24.7 Å². The summed E-state index contributed by atoms with van der Waals surface area (Å²) in [4.78, 5) is 4.50. The zero-order chi connectivity index (χ0) is 22.2. The van der Waals surface area contributed by atoms with Gasteiger partial charge in [-0.05, 0) is 56.0 Å². The topological polar surface area (TPSA) is 144 Å². The Bertz CT molecular complexity index is 1280. The van der Waals surface area contributed by atoms with Crippen LogP contribution < -0.4 is 14.6 Å². The molecule has 31 heavy (non-hydrogen) atoms. The lowest BCUT2D eigenvalue weighted by molar-refractivity contribution is 0.241. The van der Waals surface area contributed by atoms with Crippen molar-refractivity contribution in [2.45, 2.75) is 38.8 Å². The van der Waals surface area contributed by atoms with Gasteiger partial charge in [0.1, 0.15) is 11.8 Å². The Morgan fingerprint density at radius 1 is 1.32 bits per heavy atom. The van der Waals surface area contributed by atoms with Crippen molar-refractivity contribution in [3.63, 3.8) is 0 Å². The Labute approximate surface area is 180 Å². The number of benzene rings is 2. The summed E-state index contributed by atoms with van der Waals surface area (Å²) in [6.07, 6.45) is 1.19. The molecule has 1 aliphatic rings. The van der Waals surface area contributed by atoms with Gasteiger partial charge in [0.25, 0.3) is 16.1 Å². The van der Waals surface area contributed by atoms with Gasteiger partial charge < -0.3 is 9.26 Å².